The Morgan fingerprint density at radius 3 is 2.22 bits per heavy atom. The van der Waals surface area contributed by atoms with Crippen molar-refractivity contribution >= 4 is 0 Å². The van der Waals surface area contributed by atoms with Crippen LogP contribution in [0.15, 0.2) is 0 Å². The maximum atomic E-state index is 9.88. The zero-order chi connectivity index (χ0) is 13.2. The molecule has 2 nitrogen and oxygen atoms in total. The molecule has 2 aliphatic rings. The second kappa shape index (κ2) is 5.92. The van der Waals surface area contributed by atoms with Crippen molar-refractivity contribution in [1.29, 1.82) is 0 Å². The van der Waals surface area contributed by atoms with Gasteiger partial charge in [0.1, 0.15) is 0 Å². The van der Waals surface area contributed by atoms with Gasteiger partial charge in [-0.1, -0.05) is 19.8 Å². The fraction of sp³-hybridized carbons (Fsp3) is 1.00. The Labute approximate surface area is 113 Å². The zero-order valence-electron chi connectivity index (χ0n) is 12.5. The van der Waals surface area contributed by atoms with Crippen LogP contribution in [-0.4, -0.2) is 35.7 Å². The molecule has 0 aromatic heterocycles. The van der Waals surface area contributed by atoms with Crippen molar-refractivity contribution in [3.8, 4) is 0 Å². The molecule has 2 fully saturated rings. The number of hydrogen-bond donors (Lipinski definition) is 1. The maximum absolute atomic E-state index is 9.88. The van der Waals surface area contributed by atoms with Crippen LogP contribution in [0.5, 0.6) is 0 Å². The molecule has 0 spiro atoms. The topological polar surface area (TPSA) is 23.5 Å². The molecule has 0 aromatic rings. The second-order valence-corrected chi connectivity index (χ2v) is 7.31. The van der Waals surface area contributed by atoms with E-state index >= 15 is 0 Å². The Hall–Kier alpha value is -0.0800. The molecule has 2 saturated carbocycles. The molecule has 0 heterocycles. The third-order valence-electron chi connectivity index (χ3n) is 5.13. The van der Waals surface area contributed by atoms with Gasteiger partial charge in [0.2, 0.25) is 0 Å². The highest BCUT2D eigenvalue weighted by atomic mass is 16.3. The van der Waals surface area contributed by atoms with E-state index in [9.17, 15) is 5.11 Å². The lowest BCUT2D eigenvalue weighted by molar-refractivity contribution is 0.0184. The van der Waals surface area contributed by atoms with Crippen molar-refractivity contribution in [2.75, 3.05) is 19.7 Å². The van der Waals surface area contributed by atoms with Crippen molar-refractivity contribution in [1.82, 2.24) is 4.90 Å². The lowest BCUT2D eigenvalue weighted by Crippen LogP contribution is -2.45. The fourth-order valence-corrected chi connectivity index (χ4v) is 3.26. The van der Waals surface area contributed by atoms with Gasteiger partial charge in [0.05, 0.1) is 0 Å². The van der Waals surface area contributed by atoms with Crippen LogP contribution in [0.25, 0.3) is 0 Å². The maximum Gasteiger partial charge on any atom is 0.0499 e. The Balaban J connectivity index is 1.93. The predicted molar refractivity (Wildman–Crippen MR) is 76.6 cm³/mol. The third-order valence-corrected chi connectivity index (χ3v) is 5.13. The summed E-state index contributed by atoms with van der Waals surface area (Å²) in [4.78, 5) is 2.63. The van der Waals surface area contributed by atoms with E-state index in [-0.39, 0.29) is 5.41 Å². The summed E-state index contributed by atoms with van der Waals surface area (Å²) in [5, 5.41) is 9.88. The summed E-state index contributed by atoms with van der Waals surface area (Å²) in [6.45, 7) is 9.72. The van der Waals surface area contributed by atoms with Crippen molar-refractivity contribution in [3.63, 3.8) is 0 Å². The Morgan fingerprint density at radius 2 is 1.78 bits per heavy atom. The molecule has 1 N–H and O–H groups in total. The van der Waals surface area contributed by atoms with E-state index < -0.39 is 0 Å². The molecule has 0 radical (unpaired) electrons. The molecule has 2 aliphatic carbocycles. The summed E-state index contributed by atoms with van der Waals surface area (Å²) in [6, 6.07) is 0.619. The van der Waals surface area contributed by atoms with Crippen molar-refractivity contribution in [2.45, 2.75) is 65.3 Å². The molecule has 0 atom stereocenters. The van der Waals surface area contributed by atoms with Crippen LogP contribution in [-0.2, 0) is 0 Å². The molecule has 0 bridgehead atoms. The van der Waals surface area contributed by atoms with Crippen LogP contribution in [0.3, 0.4) is 0 Å². The number of rotatable bonds is 6. The minimum absolute atomic E-state index is 0.200. The summed E-state index contributed by atoms with van der Waals surface area (Å²) in [5.41, 5.74) is 0.200. The van der Waals surface area contributed by atoms with Crippen LogP contribution in [0.2, 0.25) is 0 Å². The first-order valence-electron chi connectivity index (χ1n) is 7.89. The van der Waals surface area contributed by atoms with Crippen LogP contribution in [0.4, 0.5) is 0 Å². The molecule has 0 amide bonds. The summed E-state index contributed by atoms with van der Waals surface area (Å²) in [7, 11) is 0. The van der Waals surface area contributed by atoms with Gasteiger partial charge in [0.25, 0.3) is 0 Å². The monoisotopic (exact) mass is 253 g/mol. The Morgan fingerprint density at radius 1 is 1.17 bits per heavy atom. The average molecular weight is 253 g/mol. The van der Waals surface area contributed by atoms with E-state index in [0.717, 1.165) is 18.4 Å². The van der Waals surface area contributed by atoms with E-state index in [1.807, 2.05) is 0 Å². The van der Waals surface area contributed by atoms with Gasteiger partial charge in [-0.05, 0) is 51.4 Å². The number of nitrogens with zero attached hydrogens (tertiary/aromatic N) is 1. The highest BCUT2D eigenvalue weighted by Gasteiger charge is 2.37. The molecule has 0 saturated heterocycles. The van der Waals surface area contributed by atoms with Gasteiger partial charge < -0.3 is 10.0 Å². The highest BCUT2D eigenvalue weighted by molar-refractivity contribution is 4.89. The van der Waals surface area contributed by atoms with E-state index in [4.69, 9.17) is 0 Å². The minimum Gasteiger partial charge on any atom is -0.396 e. The van der Waals surface area contributed by atoms with E-state index in [0.29, 0.717) is 12.6 Å². The predicted octanol–water partition coefficient (Wildman–Crippen LogP) is 3.30. The van der Waals surface area contributed by atoms with Gasteiger partial charge in [-0.25, -0.2) is 0 Å². The highest BCUT2D eigenvalue weighted by Crippen LogP contribution is 2.40. The van der Waals surface area contributed by atoms with Crippen LogP contribution in [0, 0.1) is 17.3 Å². The standard InChI is InChI=1S/C16H31NO/c1-13(2)17(10-15-4-5-15)11-16(12-18)8-6-14(3)7-9-16/h13-15,18H,4-12H2,1-3H3. The molecule has 106 valence electrons. The minimum atomic E-state index is 0.200. The molecule has 0 unspecified atom stereocenters. The molecule has 0 aromatic carbocycles. The summed E-state index contributed by atoms with van der Waals surface area (Å²) < 4.78 is 0. The number of hydrogen-bond acceptors (Lipinski definition) is 2. The van der Waals surface area contributed by atoms with Crippen molar-refractivity contribution < 1.29 is 5.11 Å². The molecule has 2 rings (SSSR count). The lowest BCUT2D eigenvalue weighted by Gasteiger charge is -2.43. The Bertz CT molecular complexity index is 252. The van der Waals surface area contributed by atoms with E-state index in [2.05, 4.69) is 25.7 Å². The third kappa shape index (κ3) is 3.71. The van der Waals surface area contributed by atoms with Crippen LogP contribution in [0.1, 0.15) is 59.3 Å². The first-order chi connectivity index (χ1) is 8.54. The molecular formula is C16H31NO. The van der Waals surface area contributed by atoms with Crippen LogP contribution >= 0.6 is 0 Å². The fourth-order valence-electron chi connectivity index (χ4n) is 3.26. The second-order valence-electron chi connectivity index (χ2n) is 7.31. The SMILES string of the molecule is CC1CCC(CO)(CN(CC2CC2)C(C)C)CC1. The molecular weight excluding hydrogens is 222 g/mol. The van der Waals surface area contributed by atoms with Gasteiger partial charge >= 0.3 is 0 Å². The zero-order valence-corrected chi connectivity index (χ0v) is 12.5. The van der Waals surface area contributed by atoms with E-state index in [1.54, 1.807) is 0 Å². The van der Waals surface area contributed by atoms with Crippen molar-refractivity contribution in [3.05, 3.63) is 0 Å². The lowest BCUT2D eigenvalue weighted by atomic mass is 9.71. The first kappa shape index (κ1) is 14.3. The summed E-state index contributed by atoms with van der Waals surface area (Å²) in [5.74, 6) is 1.81. The van der Waals surface area contributed by atoms with Crippen molar-refractivity contribution in [2.24, 2.45) is 17.3 Å². The Kier molecular flexibility index (Phi) is 4.71. The van der Waals surface area contributed by atoms with Gasteiger partial charge in [0.15, 0.2) is 0 Å². The van der Waals surface area contributed by atoms with Gasteiger partial charge in [-0.15, -0.1) is 0 Å². The number of aliphatic hydroxyl groups is 1. The molecule has 2 heteroatoms. The normalized spacial score (nSPS) is 33.3. The number of aliphatic hydroxyl groups excluding tert-OH is 1. The van der Waals surface area contributed by atoms with Gasteiger partial charge in [-0.3, -0.25) is 0 Å². The summed E-state index contributed by atoms with van der Waals surface area (Å²) in [6.07, 6.45) is 7.89. The first-order valence-corrected chi connectivity index (χ1v) is 7.89. The van der Waals surface area contributed by atoms with Gasteiger partial charge in [0, 0.05) is 31.2 Å². The molecule has 0 aliphatic heterocycles. The summed E-state index contributed by atoms with van der Waals surface area (Å²) >= 11 is 0. The largest absolute Gasteiger partial charge is 0.396 e. The average Bonchev–Trinajstić information content (AvgIpc) is 3.15. The molecule has 18 heavy (non-hydrogen) atoms. The quantitative estimate of drug-likeness (QED) is 0.785. The van der Waals surface area contributed by atoms with Gasteiger partial charge in [-0.2, -0.15) is 0 Å². The van der Waals surface area contributed by atoms with Crippen LogP contribution < -0.4 is 0 Å². The smallest absolute Gasteiger partial charge is 0.0499 e. The van der Waals surface area contributed by atoms with E-state index in [1.165, 1.54) is 45.1 Å².